The second-order valence-electron chi connectivity index (χ2n) is 4.05. The van der Waals surface area contributed by atoms with E-state index in [1.165, 1.54) is 0 Å². The topological polar surface area (TPSA) is 39.2 Å². The van der Waals surface area contributed by atoms with Crippen LogP contribution in [-0.4, -0.2) is 24.0 Å². The van der Waals surface area contributed by atoms with Crippen LogP contribution in [0.2, 0.25) is 0 Å². The number of hydrogen-bond donors (Lipinski definition) is 0. The predicted octanol–water partition coefficient (Wildman–Crippen LogP) is 2.63. The molecule has 1 aromatic rings. The molecule has 0 saturated heterocycles. The first-order chi connectivity index (χ1) is 7.54. The van der Waals surface area contributed by atoms with Gasteiger partial charge in [0.1, 0.15) is 6.10 Å². The number of methoxy groups -OCH3 is 1. The number of ketones is 1. The Hall–Kier alpha value is -0.740. The number of halogens is 1. The second kappa shape index (κ2) is 6.11. The maximum Gasteiger partial charge on any atom is 0.166 e. The summed E-state index contributed by atoms with van der Waals surface area (Å²) in [5.74, 6) is 0.287. The average molecular weight is 286 g/mol. The van der Waals surface area contributed by atoms with E-state index in [1.807, 2.05) is 19.9 Å². The number of nitrogens with zero attached hydrogens (tertiary/aromatic N) is 1. The first-order valence-electron chi connectivity index (χ1n) is 5.19. The zero-order chi connectivity index (χ0) is 12.1. The minimum atomic E-state index is -0.334. The van der Waals surface area contributed by atoms with Gasteiger partial charge in [0.25, 0.3) is 0 Å². The van der Waals surface area contributed by atoms with Gasteiger partial charge in [-0.25, -0.2) is 0 Å². The Kier molecular flexibility index (Phi) is 5.09. The lowest BCUT2D eigenvalue weighted by atomic mass is 9.98. The maximum atomic E-state index is 11.9. The molecule has 0 saturated carbocycles. The van der Waals surface area contributed by atoms with Crippen molar-refractivity contribution in [1.29, 1.82) is 0 Å². The number of hydrogen-bond acceptors (Lipinski definition) is 3. The van der Waals surface area contributed by atoms with Gasteiger partial charge in [-0.05, 0) is 33.5 Å². The van der Waals surface area contributed by atoms with Gasteiger partial charge in [-0.1, -0.05) is 13.8 Å². The molecular formula is C12H16BrNO2. The molecule has 0 amide bonds. The van der Waals surface area contributed by atoms with Crippen molar-refractivity contribution in [2.24, 2.45) is 5.92 Å². The Labute approximate surface area is 104 Å². The Balaban J connectivity index is 2.70. The van der Waals surface area contributed by atoms with Gasteiger partial charge >= 0.3 is 0 Å². The van der Waals surface area contributed by atoms with Crippen molar-refractivity contribution in [2.75, 3.05) is 7.11 Å². The fourth-order valence-corrected chi connectivity index (χ4v) is 2.04. The highest BCUT2D eigenvalue weighted by Gasteiger charge is 2.21. The third-order valence-corrected chi connectivity index (χ3v) is 2.75. The van der Waals surface area contributed by atoms with Crippen molar-refractivity contribution in [2.45, 2.75) is 26.4 Å². The predicted molar refractivity (Wildman–Crippen MR) is 66.3 cm³/mol. The lowest BCUT2D eigenvalue weighted by molar-refractivity contribution is -0.130. The molecule has 1 atom stereocenters. The molecule has 0 spiro atoms. The van der Waals surface area contributed by atoms with Crippen molar-refractivity contribution in [3.63, 3.8) is 0 Å². The number of carbonyl (C=O) groups excluding carboxylic acids is 1. The van der Waals surface area contributed by atoms with Crippen molar-refractivity contribution in [3.05, 3.63) is 28.5 Å². The minimum absolute atomic E-state index is 0.0948. The van der Waals surface area contributed by atoms with Crippen LogP contribution in [0.4, 0.5) is 0 Å². The summed E-state index contributed by atoms with van der Waals surface area (Å²) in [6.45, 7) is 3.95. The summed E-state index contributed by atoms with van der Waals surface area (Å²) in [7, 11) is 1.57. The lowest BCUT2D eigenvalue weighted by Crippen LogP contribution is -2.29. The van der Waals surface area contributed by atoms with Crippen LogP contribution in [-0.2, 0) is 16.0 Å². The number of aromatic nitrogens is 1. The van der Waals surface area contributed by atoms with Crippen LogP contribution in [0.15, 0.2) is 22.9 Å². The Morgan fingerprint density at radius 3 is 2.69 bits per heavy atom. The van der Waals surface area contributed by atoms with Crippen LogP contribution in [0.5, 0.6) is 0 Å². The molecule has 0 radical (unpaired) electrons. The standard InChI is InChI=1S/C12H16BrNO2/c1-8(2)12(16-3)11(15)5-9-4-10(13)7-14-6-9/h4,6-8,12H,5H2,1-3H3. The Bertz CT molecular complexity index is 366. The summed E-state index contributed by atoms with van der Waals surface area (Å²) in [6, 6.07) is 1.90. The fourth-order valence-electron chi connectivity index (χ4n) is 1.63. The van der Waals surface area contributed by atoms with Gasteiger partial charge in [0.15, 0.2) is 5.78 Å². The van der Waals surface area contributed by atoms with Crippen LogP contribution < -0.4 is 0 Å². The molecule has 1 aromatic heterocycles. The van der Waals surface area contributed by atoms with Crippen molar-refractivity contribution in [3.8, 4) is 0 Å². The van der Waals surface area contributed by atoms with Crippen molar-refractivity contribution in [1.82, 2.24) is 4.98 Å². The summed E-state index contributed by atoms with van der Waals surface area (Å²) in [6.07, 6.45) is 3.43. The monoisotopic (exact) mass is 285 g/mol. The van der Waals surface area contributed by atoms with Gasteiger partial charge in [-0.2, -0.15) is 0 Å². The molecule has 0 bridgehead atoms. The summed E-state index contributed by atoms with van der Waals surface area (Å²) in [5, 5.41) is 0. The van der Waals surface area contributed by atoms with E-state index in [1.54, 1.807) is 19.5 Å². The van der Waals surface area contributed by atoms with Crippen LogP contribution in [0.25, 0.3) is 0 Å². The molecule has 0 aliphatic rings. The summed E-state index contributed by atoms with van der Waals surface area (Å²) in [4.78, 5) is 16.0. The smallest absolute Gasteiger partial charge is 0.166 e. The normalized spacial score (nSPS) is 12.8. The molecule has 0 aromatic carbocycles. The number of carbonyl (C=O) groups is 1. The largest absolute Gasteiger partial charge is 0.373 e. The highest BCUT2D eigenvalue weighted by molar-refractivity contribution is 9.10. The quantitative estimate of drug-likeness (QED) is 0.835. The van der Waals surface area contributed by atoms with Gasteiger partial charge in [0.05, 0.1) is 0 Å². The zero-order valence-corrected chi connectivity index (χ0v) is 11.3. The van der Waals surface area contributed by atoms with Crippen molar-refractivity contribution < 1.29 is 9.53 Å². The minimum Gasteiger partial charge on any atom is -0.373 e. The van der Waals surface area contributed by atoms with Gasteiger partial charge in [0, 0.05) is 30.4 Å². The van der Waals surface area contributed by atoms with E-state index in [0.717, 1.165) is 10.0 Å². The SMILES string of the molecule is COC(C(=O)Cc1cncc(Br)c1)C(C)C. The summed E-state index contributed by atoms with van der Waals surface area (Å²) in [5.41, 5.74) is 0.905. The van der Waals surface area contributed by atoms with E-state index in [2.05, 4.69) is 20.9 Å². The van der Waals surface area contributed by atoms with Crippen LogP contribution in [0.3, 0.4) is 0 Å². The third-order valence-electron chi connectivity index (χ3n) is 2.32. The second-order valence-corrected chi connectivity index (χ2v) is 4.97. The number of pyridine rings is 1. The molecule has 0 N–H and O–H groups in total. The van der Waals surface area contributed by atoms with E-state index in [9.17, 15) is 4.79 Å². The highest BCUT2D eigenvalue weighted by atomic mass is 79.9. The number of ether oxygens (including phenoxy) is 1. The summed E-state index contributed by atoms with van der Waals surface area (Å²) >= 11 is 3.33. The van der Waals surface area contributed by atoms with Crippen LogP contribution in [0, 0.1) is 5.92 Å². The van der Waals surface area contributed by atoms with Crippen molar-refractivity contribution >= 4 is 21.7 Å². The molecule has 16 heavy (non-hydrogen) atoms. The molecule has 88 valence electrons. The maximum absolute atomic E-state index is 11.9. The first kappa shape index (κ1) is 13.3. The van der Waals surface area contributed by atoms with Crippen LogP contribution >= 0.6 is 15.9 Å². The molecule has 4 heteroatoms. The molecule has 0 fully saturated rings. The molecule has 1 heterocycles. The van der Waals surface area contributed by atoms with E-state index < -0.39 is 0 Å². The Morgan fingerprint density at radius 1 is 1.50 bits per heavy atom. The zero-order valence-electron chi connectivity index (χ0n) is 9.74. The molecule has 0 aliphatic heterocycles. The molecule has 0 aliphatic carbocycles. The average Bonchev–Trinajstić information content (AvgIpc) is 2.17. The first-order valence-corrected chi connectivity index (χ1v) is 5.98. The van der Waals surface area contributed by atoms with E-state index >= 15 is 0 Å². The summed E-state index contributed by atoms with van der Waals surface area (Å²) < 4.78 is 6.08. The lowest BCUT2D eigenvalue weighted by Gasteiger charge is -2.17. The number of Topliss-reactive ketones (excluding diaryl/α,β-unsaturated/α-hetero) is 1. The van der Waals surface area contributed by atoms with Gasteiger partial charge in [-0.15, -0.1) is 0 Å². The Morgan fingerprint density at radius 2 is 2.19 bits per heavy atom. The molecule has 1 rings (SSSR count). The fraction of sp³-hybridized carbons (Fsp3) is 0.500. The van der Waals surface area contributed by atoms with E-state index in [4.69, 9.17) is 4.74 Å². The van der Waals surface area contributed by atoms with Gasteiger partial charge in [-0.3, -0.25) is 9.78 Å². The number of rotatable bonds is 5. The van der Waals surface area contributed by atoms with Crippen LogP contribution in [0.1, 0.15) is 19.4 Å². The third kappa shape index (κ3) is 3.68. The highest BCUT2D eigenvalue weighted by Crippen LogP contribution is 2.13. The van der Waals surface area contributed by atoms with Gasteiger partial charge < -0.3 is 4.74 Å². The van der Waals surface area contributed by atoms with E-state index in [-0.39, 0.29) is 17.8 Å². The molecule has 3 nitrogen and oxygen atoms in total. The molecular weight excluding hydrogens is 270 g/mol. The van der Waals surface area contributed by atoms with E-state index in [0.29, 0.717) is 6.42 Å². The molecule has 1 unspecified atom stereocenters. The van der Waals surface area contributed by atoms with Gasteiger partial charge in [0.2, 0.25) is 0 Å².